The zero-order chi connectivity index (χ0) is 18.0. The zero-order valence-corrected chi connectivity index (χ0v) is 14.8. The van der Waals surface area contributed by atoms with Crippen LogP contribution in [-0.4, -0.2) is 20.6 Å². The fourth-order valence-electron chi connectivity index (χ4n) is 2.22. The maximum absolute atomic E-state index is 12.4. The lowest BCUT2D eigenvalue weighted by Gasteiger charge is -2.15. The van der Waals surface area contributed by atoms with Crippen molar-refractivity contribution in [3.05, 3.63) is 49.7 Å². The maximum atomic E-state index is 12.4. The number of benzene rings is 1. The Bertz CT molecular complexity index is 869. The first-order valence-corrected chi connectivity index (χ1v) is 7.76. The molecule has 9 heteroatoms. The van der Waals surface area contributed by atoms with E-state index in [2.05, 4.69) is 26.3 Å². The summed E-state index contributed by atoms with van der Waals surface area (Å²) in [6.07, 6.45) is 0. The van der Waals surface area contributed by atoms with Crippen LogP contribution in [0.2, 0.25) is 0 Å². The van der Waals surface area contributed by atoms with E-state index in [1.807, 2.05) is 19.9 Å². The lowest BCUT2D eigenvalue weighted by atomic mass is 10.1. The fraction of sp³-hybridized carbons (Fsp3) is 0.267. The standard InChI is InChI=1S/C15H14BrN5O3/c1-8-14(16)9(2)20(19-8)10(3)15(22)18-13-5-4-12(21(23)24)6-11(13)7-17/h4-6,10H,1-3H3,(H,18,22). The number of hydrogen-bond donors (Lipinski definition) is 1. The number of carbonyl (C=O) groups excluding carboxylic acids is 1. The number of nitriles is 1. The van der Waals surface area contributed by atoms with Gasteiger partial charge < -0.3 is 5.32 Å². The number of non-ortho nitro benzene ring substituents is 1. The molecule has 0 saturated carbocycles. The summed E-state index contributed by atoms with van der Waals surface area (Å²) in [5, 5.41) is 26.8. The van der Waals surface area contributed by atoms with Gasteiger partial charge in [0.2, 0.25) is 5.91 Å². The second-order valence-electron chi connectivity index (χ2n) is 5.19. The molecule has 124 valence electrons. The van der Waals surface area contributed by atoms with Crippen molar-refractivity contribution in [2.75, 3.05) is 5.32 Å². The molecule has 0 spiro atoms. The largest absolute Gasteiger partial charge is 0.323 e. The highest BCUT2D eigenvalue weighted by Crippen LogP contribution is 2.25. The second kappa shape index (κ2) is 6.80. The highest BCUT2D eigenvalue weighted by molar-refractivity contribution is 9.10. The molecule has 0 fully saturated rings. The van der Waals surface area contributed by atoms with Gasteiger partial charge in [0.25, 0.3) is 5.69 Å². The first kappa shape index (κ1) is 17.6. The summed E-state index contributed by atoms with van der Waals surface area (Å²) >= 11 is 3.41. The van der Waals surface area contributed by atoms with Crippen LogP contribution in [0.1, 0.15) is 29.9 Å². The molecule has 1 aromatic carbocycles. The molecule has 2 rings (SSSR count). The Morgan fingerprint density at radius 2 is 2.17 bits per heavy atom. The van der Waals surface area contributed by atoms with Gasteiger partial charge in [-0.25, -0.2) is 0 Å². The van der Waals surface area contributed by atoms with Crippen LogP contribution in [-0.2, 0) is 4.79 Å². The van der Waals surface area contributed by atoms with Crippen molar-refractivity contribution < 1.29 is 9.72 Å². The van der Waals surface area contributed by atoms with Gasteiger partial charge in [-0.15, -0.1) is 0 Å². The Labute approximate surface area is 146 Å². The number of nitrogens with zero attached hydrogens (tertiary/aromatic N) is 4. The van der Waals surface area contributed by atoms with Crippen LogP contribution in [0, 0.1) is 35.3 Å². The maximum Gasteiger partial charge on any atom is 0.270 e. The van der Waals surface area contributed by atoms with E-state index in [4.69, 9.17) is 5.26 Å². The van der Waals surface area contributed by atoms with Crippen LogP contribution in [0.15, 0.2) is 22.7 Å². The van der Waals surface area contributed by atoms with Crippen molar-refractivity contribution in [2.45, 2.75) is 26.8 Å². The summed E-state index contributed by atoms with van der Waals surface area (Å²) in [6.45, 7) is 5.33. The predicted molar refractivity (Wildman–Crippen MR) is 90.6 cm³/mol. The van der Waals surface area contributed by atoms with E-state index in [0.717, 1.165) is 21.9 Å². The van der Waals surface area contributed by atoms with Gasteiger partial charge in [-0.1, -0.05) is 0 Å². The van der Waals surface area contributed by atoms with E-state index in [1.165, 1.54) is 12.1 Å². The van der Waals surface area contributed by atoms with Gasteiger partial charge in [-0.2, -0.15) is 10.4 Å². The second-order valence-corrected chi connectivity index (χ2v) is 5.99. The van der Waals surface area contributed by atoms with E-state index in [-0.39, 0.29) is 22.8 Å². The van der Waals surface area contributed by atoms with Crippen molar-refractivity contribution in [1.29, 1.82) is 5.26 Å². The van der Waals surface area contributed by atoms with Gasteiger partial charge in [0.1, 0.15) is 12.1 Å². The molecule has 1 unspecified atom stereocenters. The molecule has 0 aliphatic carbocycles. The third kappa shape index (κ3) is 3.28. The first-order chi connectivity index (χ1) is 11.3. The average Bonchev–Trinajstić information content (AvgIpc) is 2.81. The molecular formula is C15H14BrN5O3. The predicted octanol–water partition coefficient (Wildman–Crippen LogP) is 3.24. The Morgan fingerprint density at radius 1 is 1.50 bits per heavy atom. The fourth-order valence-corrected chi connectivity index (χ4v) is 2.48. The number of nitro groups is 1. The molecule has 0 radical (unpaired) electrons. The lowest BCUT2D eigenvalue weighted by molar-refractivity contribution is -0.384. The van der Waals surface area contributed by atoms with Crippen molar-refractivity contribution >= 4 is 33.2 Å². The number of aryl methyl sites for hydroxylation is 1. The minimum absolute atomic E-state index is 0.0271. The van der Waals surface area contributed by atoms with Crippen LogP contribution < -0.4 is 5.32 Å². The number of amides is 1. The van der Waals surface area contributed by atoms with Gasteiger partial charge in [0, 0.05) is 12.1 Å². The number of carbonyl (C=O) groups is 1. The highest BCUT2D eigenvalue weighted by Gasteiger charge is 2.21. The molecule has 1 amide bonds. The first-order valence-electron chi connectivity index (χ1n) is 6.96. The molecule has 24 heavy (non-hydrogen) atoms. The van der Waals surface area contributed by atoms with Gasteiger partial charge in [0.15, 0.2) is 0 Å². The topological polar surface area (TPSA) is 114 Å². The summed E-state index contributed by atoms with van der Waals surface area (Å²) in [4.78, 5) is 22.6. The van der Waals surface area contributed by atoms with Crippen LogP contribution in [0.5, 0.6) is 0 Å². The number of nitro benzene ring substituents is 1. The van der Waals surface area contributed by atoms with E-state index in [1.54, 1.807) is 11.6 Å². The van der Waals surface area contributed by atoms with Gasteiger partial charge in [-0.05, 0) is 42.8 Å². The molecule has 1 atom stereocenters. The van der Waals surface area contributed by atoms with E-state index >= 15 is 0 Å². The molecule has 0 aliphatic rings. The SMILES string of the molecule is Cc1nn(C(C)C(=O)Nc2ccc([N+](=O)[O-])cc2C#N)c(C)c1Br. The van der Waals surface area contributed by atoms with Crippen LogP contribution in [0.4, 0.5) is 11.4 Å². The summed E-state index contributed by atoms with van der Waals surface area (Å²) in [5.74, 6) is -0.376. The summed E-state index contributed by atoms with van der Waals surface area (Å²) < 4.78 is 2.40. The molecule has 1 N–H and O–H groups in total. The lowest BCUT2D eigenvalue weighted by Crippen LogP contribution is -2.25. The Morgan fingerprint density at radius 3 is 2.67 bits per heavy atom. The minimum Gasteiger partial charge on any atom is -0.323 e. The number of anilines is 1. The van der Waals surface area contributed by atoms with Gasteiger partial charge in [-0.3, -0.25) is 19.6 Å². The van der Waals surface area contributed by atoms with E-state index in [0.29, 0.717) is 0 Å². The van der Waals surface area contributed by atoms with Crippen LogP contribution in [0.3, 0.4) is 0 Å². The third-order valence-electron chi connectivity index (χ3n) is 3.58. The van der Waals surface area contributed by atoms with Crippen LogP contribution >= 0.6 is 15.9 Å². The smallest absolute Gasteiger partial charge is 0.270 e. The monoisotopic (exact) mass is 391 g/mol. The molecule has 8 nitrogen and oxygen atoms in total. The molecule has 1 heterocycles. The highest BCUT2D eigenvalue weighted by atomic mass is 79.9. The quantitative estimate of drug-likeness (QED) is 0.634. The molecule has 0 bridgehead atoms. The van der Waals surface area contributed by atoms with E-state index in [9.17, 15) is 14.9 Å². The van der Waals surface area contributed by atoms with Gasteiger partial charge >= 0.3 is 0 Å². The molecule has 0 aliphatic heterocycles. The number of rotatable bonds is 4. The minimum atomic E-state index is -0.614. The zero-order valence-electron chi connectivity index (χ0n) is 13.2. The number of hydrogen-bond acceptors (Lipinski definition) is 5. The molecular weight excluding hydrogens is 378 g/mol. The van der Waals surface area contributed by atoms with Crippen LogP contribution in [0.25, 0.3) is 0 Å². The van der Waals surface area contributed by atoms with Crippen molar-refractivity contribution in [1.82, 2.24) is 9.78 Å². The summed E-state index contributed by atoms with van der Waals surface area (Å²) in [6, 6.07) is 4.94. The number of aromatic nitrogens is 2. The Balaban J connectivity index is 2.28. The third-order valence-corrected chi connectivity index (χ3v) is 4.72. The van der Waals surface area contributed by atoms with Crippen molar-refractivity contribution in [3.63, 3.8) is 0 Å². The van der Waals surface area contributed by atoms with Gasteiger partial charge in [0.05, 0.1) is 32.0 Å². The normalized spacial score (nSPS) is 11.6. The number of halogens is 1. The van der Waals surface area contributed by atoms with Crippen molar-refractivity contribution in [3.8, 4) is 6.07 Å². The molecule has 1 aromatic heterocycles. The molecule has 0 saturated heterocycles. The van der Waals surface area contributed by atoms with Crippen molar-refractivity contribution in [2.24, 2.45) is 0 Å². The summed E-state index contributed by atoms with van der Waals surface area (Å²) in [5.41, 5.74) is 1.61. The summed E-state index contributed by atoms with van der Waals surface area (Å²) in [7, 11) is 0. The average molecular weight is 392 g/mol. The number of nitrogens with one attached hydrogen (secondary N) is 1. The molecule has 2 aromatic rings. The van der Waals surface area contributed by atoms with E-state index < -0.39 is 11.0 Å². The Hall–Kier alpha value is -2.73. The Kier molecular flexibility index (Phi) is 4.99.